The molecule has 98 valence electrons. The lowest BCUT2D eigenvalue weighted by Gasteiger charge is -2.12. The molecule has 0 spiro atoms. The summed E-state index contributed by atoms with van der Waals surface area (Å²) in [5.41, 5.74) is 12.3. The van der Waals surface area contributed by atoms with Gasteiger partial charge in [-0.25, -0.2) is 0 Å². The van der Waals surface area contributed by atoms with Crippen LogP contribution < -0.4 is 10.6 Å². The van der Waals surface area contributed by atoms with Gasteiger partial charge in [-0.1, -0.05) is 30.3 Å². The molecule has 0 aliphatic carbocycles. The van der Waals surface area contributed by atoms with Gasteiger partial charge in [0, 0.05) is 19.3 Å². The van der Waals surface area contributed by atoms with E-state index in [1.165, 1.54) is 27.9 Å². The Balaban J connectivity index is 1.90. The summed E-state index contributed by atoms with van der Waals surface area (Å²) in [6.45, 7) is 1.85. The standard InChI is InChI=1S/C17H20N2/c1-19-11-9-16-12-15(6-7-17(16)19)14-4-2-13(3-5-14)8-10-18/h2-7,12H,8-11,18H2,1H3. The molecular formula is C17H20N2. The van der Waals surface area contributed by atoms with Crippen LogP contribution in [0.5, 0.6) is 0 Å². The quantitative estimate of drug-likeness (QED) is 0.910. The normalized spacial score (nSPS) is 13.7. The second kappa shape index (κ2) is 5.06. The van der Waals surface area contributed by atoms with Crippen LogP contribution in [0.4, 0.5) is 5.69 Å². The summed E-state index contributed by atoms with van der Waals surface area (Å²) >= 11 is 0. The zero-order valence-electron chi connectivity index (χ0n) is 11.4. The predicted octanol–water partition coefficient (Wildman–Crippen LogP) is 2.85. The molecule has 0 radical (unpaired) electrons. The molecule has 2 aromatic carbocycles. The Morgan fingerprint density at radius 2 is 1.79 bits per heavy atom. The van der Waals surface area contributed by atoms with Crippen LogP contribution in [0.3, 0.4) is 0 Å². The van der Waals surface area contributed by atoms with E-state index in [0.717, 1.165) is 19.4 Å². The van der Waals surface area contributed by atoms with Crippen LogP contribution in [0.25, 0.3) is 11.1 Å². The van der Waals surface area contributed by atoms with Crippen LogP contribution >= 0.6 is 0 Å². The van der Waals surface area contributed by atoms with Gasteiger partial charge in [-0.3, -0.25) is 0 Å². The predicted molar refractivity (Wildman–Crippen MR) is 81.6 cm³/mol. The van der Waals surface area contributed by atoms with Crippen molar-refractivity contribution in [2.75, 3.05) is 25.0 Å². The number of fused-ring (bicyclic) bond motifs is 1. The van der Waals surface area contributed by atoms with Gasteiger partial charge >= 0.3 is 0 Å². The Kier molecular flexibility index (Phi) is 3.26. The highest BCUT2D eigenvalue weighted by atomic mass is 15.1. The Labute approximate surface area is 114 Å². The molecule has 2 aromatic rings. The van der Waals surface area contributed by atoms with E-state index in [0.29, 0.717) is 6.54 Å². The minimum atomic E-state index is 0.713. The highest BCUT2D eigenvalue weighted by molar-refractivity contribution is 5.70. The number of rotatable bonds is 3. The van der Waals surface area contributed by atoms with Crippen molar-refractivity contribution in [1.82, 2.24) is 0 Å². The van der Waals surface area contributed by atoms with Gasteiger partial charge in [-0.05, 0) is 53.8 Å². The van der Waals surface area contributed by atoms with Crippen molar-refractivity contribution in [2.45, 2.75) is 12.8 Å². The average molecular weight is 252 g/mol. The summed E-state index contributed by atoms with van der Waals surface area (Å²) in [4.78, 5) is 2.32. The van der Waals surface area contributed by atoms with Gasteiger partial charge in [0.25, 0.3) is 0 Å². The number of likely N-dealkylation sites (N-methyl/N-ethyl adjacent to an activating group) is 1. The van der Waals surface area contributed by atoms with Crippen molar-refractivity contribution in [3.8, 4) is 11.1 Å². The number of nitrogens with zero attached hydrogens (tertiary/aromatic N) is 1. The van der Waals surface area contributed by atoms with Gasteiger partial charge in [0.2, 0.25) is 0 Å². The zero-order chi connectivity index (χ0) is 13.2. The van der Waals surface area contributed by atoms with E-state index in [1.807, 2.05) is 0 Å². The van der Waals surface area contributed by atoms with Crippen molar-refractivity contribution < 1.29 is 0 Å². The summed E-state index contributed by atoms with van der Waals surface area (Å²) in [5.74, 6) is 0. The first kappa shape index (κ1) is 12.2. The summed E-state index contributed by atoms with van der Waals surface area (Å²) in [7, 11) is 2.16. The molecule has 1 aliphatic rings. The molecule has 0 unspecified atom stereocenters. The lowest BCUT2D eigenvalue weighted by Crippen LogP contribution is -2.12. The first-order valence-electron chi connectivity index (χ1n) is 6.91. The molecule has 0 bridgehead atoms. The summed E-state index contributed by atoms with van der Waals surface area (Å²) < 4.78 is 0. The van der Waals surface area contributed by atoms with Crippen molar-refractivity contribution >= 4 is 5.69 Å². The fourth-order valence-corrected chi connectivity index (χ4v) is 2.78. The third kappa shape index (κ3) is 2.36. The highest BCUT2D eigenvalue weighted by Crippen LogP contribution is 2.31. The van der Waals surface area contributed by atoms with Crippen molar-refractivity contribution in [1.29, 1.82) is 0 Å². The van der Waals surface area contributed by atoms with E-state index < -0.39 is 0 Å². The lowest BCUT2D eigenvalue weighted by molar-refractivity contribution is 0.956. The Morgan fingerprint density at radius 3 is 2.53 bits per heavy atom. The van der Waals surface area contributed by atoms with E-state index >= 15 is 0 Å². The maximum atomic E-state index is 5.58. The molecule has 0 fully saturated rings. The van der Waals surface area contributed by atoms with Crippen LogP contribution in [-0.2, 0) is 12.8 Å². The maximum Gasteiger partial charge on any atom is 0.0397 e. The topological polar surface area (TPSA) is 29.3 Å². The monoisotopic (exact) mass is 252 g/mol. The van der Waals surface area contributed by atoms with Crippen LogP contribution in [0.2, 0.25) is 0 Å². The number of hydrogen-bond acceptors (Lipinski definition) is 2. The second-order valence-electron chi connectivity index (χ2n) is 5.25. The first-order chi connectivity index (χ1) is 9.28. The molecule has 0 atom stereocenters. The largest absolute Gasteiger partial charge is 0.374 e. The van der Waals surface area contributed by atoms with Crippen LogP contribution in [0.1, 0.15) is 11.1 Å². The van der Waals surface area contributed by atoms with Gasteiger partial charge in [-0.2, -0.15) is 0 Å². The molecule has 0 saturated heterocycles. The van der Waals surface area contributed by atoms with Crippen LogP contribution in [-0.4, -0.2) is 20.1 Å². The molecule has 0 saturated carbocycles. The smallest absolute Gasteiger partial charge is 0.0397 e. The minimum Gasteiger partial charge on any atom is -0.374 e. The number of benzene rings is 2. The SMILES string of the molecule is CN1CCc2cc(-c3ccc(CCN)cc3)ccc21. The average Bonchev–Trinajstić information content (AvgIpc) is 2.81. The van der Waals surface area contributed by atoms with E-state index in [4.69, 9.17) is 5.73 Å². The summed E-state index contributed by atoms with van der Waals surface area (Å²) in [6.07, 6.45) is 2.11. The first-order valence-corrected chi connectivity index (χ1v) is 6.91. The van der Waals surface area contributed by atoms with Crippen LogP contribution in [0, 0.1) is 0 Å². The molecule has 3 rings (SSSR count). The third-order valence-electron chi connectivity index (χ3n) is 3.93. The molecule has 0 aromatic heterocycles. The van der Waals surface area contributed by atoms with Gasteiger partial charge in [0.05, 0.1) is 0 Å². The molecule has 1 heterocycles. The highest BCUT2D eigenvalue weighted by Gasteiger charge is 2.15. The fourth-order valence-electron chi connectivity index (χ4n) is 2.78. The van der Waals surface area contributed by atoms with Gasteiger partial charge in [0.15, 0.2) is 0 Å². The van der Waals surface area contributed by atoms with Gasteiger partial charge < -0.3 is 10.6 Å². The second-order valence-corrected chi connectivity index (χ2v) is 5.25. The van der Waals surface area contributed by atoms with Crippen molar-refractivity contribution in [3.63, 3.8) is 0 Å². The molecule has 0 amide bonds. The summed E-state index contributed by atoms with van der Waals surface area (Å²) in [6, 6.07) is 15.6. The lowest BCUT2D eigenvalue weighted by atomic mass is 10.00. The summed E-state index contributed by atoms with van der Waals surface area (Å²) in [5, 5.41) is 0. The third-order valence-corrected chi connectivity index (χ3v) is 3.93. The number of anilines is 1. The number of nitrogens with two attached hydrogens (primary N) is 1. The Bertz CT molecular complexity index is 572. The fraction of sp³-hybridized carbons (Fsp3) is 0.294. The molecule has 2 N–H and O–H groups in total. The van der Waals surface area contributed by atoms with Crippen molar-refractivity contribution in [2.24, 2.45) is 5.73 Å². The molecule has 1 aliphatic heterocycles. The maximum absolute atomic E-state index is 5.58. The Hall–Kier alpha value is -1.80. The van der Waals surface area contributed by atoms with Gasteiger partial charge in [-0.15, -0.1) is 0 Å². The molecule has 2 heteroatoms. The van der Waals surface area contributed by atoms with E-state index in [2.05, 4.69) is 54.4 Å². The minimum absolute atomic E-state index is 0.713. The molecule has 19 heavy (non-hydrogen) atoms. The number of hydrogen-bond donors (Lipinski definition) is 1. The van der Waals surface area contributed by atoms with E-state index in [1.54, 1.807) is 0 Å². The van der Waals surface area contributed by atoms with E-state index in [-0.39, 0.29) is 0 Å². The van der Waals surface area contributed by atoms with Crippen LogP contribution in [0.15, 0.2) is 42.5 Å². The molecule has 2 nitrogen and oxygen atoms in total. The zero-order valence-corrected chi connectivity index (χ0v) is 11.4. The Morgan fingerprint density at radius 1 is 1.05 bits per heavy atom. The van der Waals surface area contributed by atoms with Gasteiger partial charge in [0.1, 0.15) is 0 Å². The van der Waals surface area contributed by atoms with E-state index in [9.17, 15) is 0 Å². The molecular weight excluding hydrogens is 232 g/mol. The van der Waals surface area contributed by atoms with Crippen molar-refractivity contribution in [3.05, 3.63) is 53.6 Å².